The summed E-state index contributed by atoms with van der Waals surface area (Å²) in [5.41, 5.74) is 0. The molecule has 0 atom stereocenters. The van der Waals surface area contributed by atoms with Gasteiger partial charge in [0.05, 0.1) is 25.5 Å². The number of aromatic nitrogens is 2. The largest absolute Gasteiger partial charge is 0.394 e. The zero-order valence-corrected chi connectivity index (χ0v) is 9.65. The van der Waals surface area contributed by atoms with Crippen LogP contribution in [-0.2, 0) is 0 Å². The first-order valence-corrected chi connectivity index (χ1v) is 5.45. The number of halogens is 1. The van der Waals surface area contributed by atoms with Gasteiger partial charge in [0.1, 0.15) is 0 Å². The van der Waals surface area contributed by atoms with E-state index in [1.54, 1.807) is 0 Å². The molecule has 0 unspecified atom stereocenters. The Bertz CT molecular complexity index is 347. The first-order chi connectivity index (χ1) is 8.21. The summed E-state index contributed by atoms with van der Waals surface area (Å²) in [7, 11) is 0. The molecule has 6 nitrogen and oxygen atoms in total. The van der Waals surface area contributed by atoms with Gasteiger partial charge in [0.25, 0.3) is 0 Å². The molecular formula is C10H17FN4O2. The van der Waals surface area contributed by atoms with Gasteiger partial charge >= 0.3 is 0 Å². The summed E-state index contributed by atoms with van der Waals surface area (Å²) in [6.45, 7) is 2.06. The van der Waals surface area contributed by atoms with E-state index in [4.69, 9.17) is 10.2 Å². The van der Waals surface area contributed by atoms with Crippen molar-refractivity contribution in [2.45, 2.75) is 19.4 Å². The Morgan fingerprint density at radius 3 is 2.71 bits per heavy atom. The molecule has 0 saturated heterocycles. The molecule has 1 aromatic heterocycles. The molecule has 7 heteroatoms. The molecular weight excluding hydrogens is 227 g/mol. The van der Waals surface area contributed by atoms with Crippen LogP contribution in [0.4, 0.5) is 16.2 Å². The Morgan fingerprint density at radius 2 is 2.12 bits per heavy atom. The summed E-state index contributed by atoms with van der Waals surface area (Å²) in [5.74, 6) is -0.351. The number of aliphatic hydroxyl groups excluding tert-OH is 2. The zero-order valence-electron chi connectivity index (χ0n) is 9.65. The highest BCUT2D eigenvalue weighted by Gasteiger charge is 2.11. The van der Waals surface area contributed by atoms with E-state index in [0.29, 0.717) is 12.5 Å². The normalized spacial score (nSPS) is 10.6. The van der Waals surface area contributed by atoms with Gasteiger partial charge in [-0.3, -0.25) is 0 Å². The fourth-order valence-corrected chi connectivity index (χ4v) is 1.13. The van der Waals surface area contributed by atoms with Crippen molar-refractivity contribution in [2.24, 2.45) is 0 Å². The molecule has 0 aliphatic rings. The third-order valence-corrected chi connectivity index (χ3v) is 2.06. The van der Waals surface area contributed by atoms with Gasteiger partial charge < -0.3 is 20.8 Å². The molecule has 0 amide bonds. The molecule has 0 fully saturated rings. The fourth-order valence-electron chi connectivity index (χ4n) is 1.13. The quantitative estimate of drug-likeness (QED) is 0.548. The third kappa shape index (κ3) is 4.12. The number of aliphatic hydroxyl groups is 2. The smallest absolute Gasteiger partial charge is 0.224 e. The van der Waals surface area contributed by atoms with E-state index in [1.165, 1.54) is 0 Å². The topological polar surface area (TPSA) is 90.3 Å². The van der Waals surface area contributed by atoms with Gasteiger partial charge in [-0.05, 0) is 6.42 Å². The van der Waals surface area contributed by atoms with Crippen LogP contribution < -0.4 is 10.6 Å². The number of anilines is 2. The van der Waals surface area contributed by atoms with Gasteiger partial charge in [0.2, 0.25) is 5.95 Å². The predicted octanol–water partition coefficient (Wildman–Crippen LogP) is 0.203. The van der Waals surface area contributed by atoms with Crippen molar-refractivity contribution in [2.75, 3.05) is 30.4 Å². The summed E-state index contributed by atoms with van der Waals surface area (Å²) in [4.78, 5) is 7.69. The molecule has 1 aromatic rings. The monoisotopic (exact) mass is 244 g/mol. The molecule has 0 saturated carbocycles. The molecule has 17 heavy (non-hydrogen) atoms. The van der Waals surface area contributed by atoms with E-state index in [1.807, 2.05) is 6.92 Å². The first kappa shape index (κ1) is 13.6. The predicted molar refractivity (Wildman–Crippen MR) is 62.4 cm³/mol. The van der Waals surface area contributed by atoms with Crippen molar-refractivity contribution in [3.8, 4) is 0 Å². The molecule has 96 valence electrons. The lowest BCUT2D eigenvalue weighted by molar-refractivity contribution is 0.203. The third-order valence-electron chi connectivity index (χ3n) is 2.06. The number of rotatable bonds is 7. The molecule has 4 N–H and O–H groups in total. The van der Waals surface area contributed by atoms with Crippen LogP contribution in [0.3, 0.4) is 0 Å². The lowest BCUT2D eigenvalue weighted by Crippen LogP contribution is -2.28. The number of nitrogens with one attached hydrogen (secondary N) is 2. The second-order valence-corrected chi connectivity index (χ2v) is 3.52. The van der Waals surface area contributed by atoms with E-state index in [-0.39, 0.29) is 19.0 Å². The van der Waals surface area contributed by atoms with Crippen molar-refractivity contribution in [3.63, 3.8) is 0 Å². The standard InChI is InChI=1S/C10H17FN4O2/c1-2-3-12-10-13-4-8(11)9(15-10)14-7(5-16)6-17/h4,7,16-17H,2-3,5-6H2,1H3,(H2,12,13,14,15). The average Bonchev–Trinajstić information content (AvgIpc) is 2.36. The van der Waals surface area contributed by atoms with E-state index in [9.17, 15) is 4.39 Å². The average molecular weight is 244 g/mol. The van der Waals surface area contributed by atoms with Crippen molar-refractivity contribution in [1.82, 2.24) is 9.97 Å². The number of hydrogen-bond donors (Lipinski definition) is 4. The van der Waals surface area contributed by atoms with Gasteiger partial charge in [0.15, 0.2) is 11.6 Å². The van der Waals surface area contributed by atoms with Crippen LogP contribution in [0.1, 0.15) is 13.3 Å². The minimum absolute atomic E-state index is 0.0355. The maximum Gasteiger partial charge on any atom is 0.224 e. The Balaban J connectivity index is 2.75. The molecule has 0 bridgehead atoms. The summed E-state index contributed by atoms with van der Waals surface area (Å²) < 4.78 is 13.3. The van der Waals surface area contributed by atoms with Crippen LogP contribution >= 0.6 is 0 Å². The molecule has 1 rings (SSSR count). The molecule has 0 aliphatic heterocycles. The number of hydrogen-bond acceptors (Lipinski definition) is 6. The highest BCUT2D eigenvalue weighted by molar-refractivity contribution is 5.41. The molecule has 1 heterocycles. The highest BCUT2D eigenvalue weighted by atomic mass is 19.1. The minimum atomic E-state index is -0.640. The maximum atomic E-state index is 13.3. The SMILES string of the molecule is CCCNc1ncc(F)c(NC(CO)CO)n1. The van der Waals surface area contributed by atoms with Crippen molar-refractivity contribution >= 4 is 11.8 Å². The number of nitrogens with zero attached hydrogens (tertiary/aromatic N) is 2. The Hall–Kier alpha value is -1.47. The summed E-state index contributed by atoms with van der Waals surface area (Å²) in [6.07, 6.45) is 1.94. The van der Waals surface area contributed by atoms with Crippen molar-refractivity contribution in [1.29, 1.82) is 0 Å². The van der Waals surface area contributed by atoms with Crippen LogP contribution in [0.2, 0.25) is 0 Å². The highest BCUT2D eigenvalue weighted by Crippen LogP contribution is 2.12. The summed E-state index contributed by atoms with van der Waals surface area (Å²) >= 11 is 0. The van der Waals surface area contributed by atoms with E-state index in [2.05, 4.69) is 20.6 Å². The second kappa shape index (κ2) is 6.97. The van der Waals surface area contributed by atoms with Crippen molar-refractivity contribution < 1.29 is 14.6 Å². The van der Waals surface area contributed by atoms with Crippen LogP contribution in [0, 0.1) is 5.82 Å². The lowest BCUT2D eigenvalue weighted by atomic mass is 10.3. The van der Waals surface area contributed by atoms with Crippen molar-refractivity contribution in [3.05, 3.63) is 12.0 Å². The van der Waals surface area contributed by atoms with E-state index >= 15 is 0 Å². The summed E-state index contributed by atoms with van der Waals surface area (Å²) in [6, 6.07) is -0.640. The molecule has 0 radical (unpaired) electrons. The molecule has 0 aliphatic carbocycles. The first-order valence-electron chi connectivity index (χ1n) is 5.45. The Kier molecular flexibility index (Phi) is 5.58. The zero-order chi connectivity index (χ0) is 12.7. The van der Waals surface area contributed by atoms with Gasteiger partial charge in [0, 0.05) is 6.54 Å². The van der Waals surface area contributed by atoms with Crippen LogP contribution in [0.25, 0.3) is 0 Å². The summed E-state index contributed by atoms with van der Waals surface area (Å²) in [5, 5.41) is 23.3. The molecule has 0 spiro atoms. The van der Waals surface area contributed by atoms with Gasteiger partial charge in [-0.2, -0.15) is 4.98 Å². The Morgan fingerprint density at radius 1 is 1.41 bits per heavy atom. The maximum absolute atomic E-state index is 13.3. The van der Waals surface area contributed by atoms with E-state index in [0.717, 1.165) is 12.6 Å². The molecule has 0 aromatic carbocycles. The van der Waals surface area contributed by atoms with E-state index < -0.39 is 11.9 Å². The lowest BCUT2D eigenvalue weighted by Gasteiger charge is -2.15. The van der Waals surface area contributed by atoms with Crippen LogP contribution in [-0.4, -0.2) is 46.0 Å². The van der Waals surface area contributed by atoms with Gasteiger partial charge in [-0.1, -0.05) is 6.92 Å². The van der Waals surface area contributed by atoms with Gasteiger partial charge in [-0.15, -0.1) is 0 Å². The second-order valence-electron chi connectivity index (χ2n) is 3.52. The van der Waals surface area contributed by atoms with Crippen LogP contribution in [0.5, 0.6) is 0 Å². The Labute approximate surface area is 98.9 Å². The fraction of sp³-hybridized carbons (Fsp3) is 0.600. The minimum Gasteiger partial charge on any atom is -0.394 e. The van der Waals surface area contributed by atoms with Crippen LogP contribution in [0.15, 0.2) is 6.20 Å². The van der Waals surface area contributed by atoms with Gasteiger partial charge in [-0.25, -0.2) is 9.37 Å².